The van der Waals surface area contributed by atoms with E-state index in [1.54, 1.807) is 6.07 Å². The Morgan fingerprint density at radius 2 is 1.61 bits per heavy atom. The Balaban J connectivity index is 2.31. The molecule has 31 heavy (non-hydrogen) atoms. The highest BCUT2D eigenvalue weighted by molar-refractivity contribution is 7.92. The number of alkyl halides is 3. The summed E-state index contributed by atoms with van der Waals surface area (Å²) in [5.74, 6) is -0.644. The molecule has 1 amide bonds. The third kappa shape index (κ3) is 6.41. The van der Waals surface area contributed by atoms with Gasteiger partial charge in [-0.3, -0.25) is 9.10 Å². The number of methoxy groups -OCH3 is 2. The van der Waals surface area contributed by atoms with Crippen molar-refractivity contribution in [3.8, 4) is 17.2 Å². The molecule has 0 unspecified atom stereocenters. The standard InChI is InChI=1S/C19H21F3N2O6S/c1-12(18(25)23-13-5-7-14(8-6-13)30-19(20,21)22)24(31(4,26)27)16-11-15(28-2)9-10-17(16)29-3/h5-12H,1-4H3,(H,23,25)/t12-/m1/s1. The van der Waals surface area contributed by atoms with E-state index in [2.05, 4.69) is 10.1 Å². The third-order valence-corrected chi connectivity index (χ3v) is 5.29. The van der Waals surface area contributed by atoms with Crippen LogP contribution in [0, 0.1) is 0 Å². The number of nitrogens with zero attached hydrogens (tertiary/aromatic N) is 1. The highest BCUT2D eigenvalue weighted by atomic mass is 32.2. The molecule has 0 saturated heterocycles. The van der Waals surface area contributed by atoms with E-state index in [-0.39, 0.29) is 17.1 Å². The summed E-state index contributed by atoms with van der Waals surface area (Å²) >= 11 is 0. The van der Waals surface area contributed by atoms with Crippen LogP contribution in [0.3, 0.4) is 0 Å². The fraction of sp³-hybridized carbons (Fsp3) is 0.316. The molecule has 0 spiro atoms. The molecule has 2 rings (SSSR count). The molecule has 1 N–H and O–H groups in total. The Bertz CT molecular complexity index is 1030. The van der Waals surface area contributed by atoms with Crippen molar-refractivity contribution in [2.24, 2.45) is 0 Å². The normalized spacial score (nSPS) is 12.6. The highest BCUT2D eigenvalue weighted by Gasteiger charge is 2.32. The number of benzene rings is 2. The number of rotatable bonds is 8. The maximum Gasteiger partial charge on any atom is 0.573 e. The van der Waals surface area contributed by atoms with Gasteiger partial charge in [0, 0.05) is 11.8 Å². The average Bonchev–Trinajstić information content (AvgIpc) is 2.67. The van der Waals surface area contributed by atoms with Crippen LogP contribution >= 0.6 is 0 Å². The molecule has 12 heteroatoms. The number of anilines is 2. The fourth-order valence-corrected chi connectivity index (χ4v) is 3.91. The van der Waals surface area contributed by atoms with Gasteiger partial charge >= 0.3 is 6.36 Å². The first kappa shape index (κ1) is 24.1. The van der Waals surface area contributed by atoms with Crippen LogP contribution in [0.5, 0.6) is 17.2 Å². The summed E-state index contributed by atoms with van der Waals surface area (Å²) < 4.78 is 76.8. The number of carbonyl (C=O) groups is 1. The molecule has 8 nitrogen and oxygen atoms in total. The molecule has 1 atom stereocenters. The first-order valence-corrected chi connectivity index (χ1v) is 10.6. The Labute approximate surface area is 177 Å². The minimum Gasteiger partial charge on any atom is -0.497 e. The minimum absolute atomic E-state index is 0.0842. The van der Waals surface area contributed by atoms with Crippen LogP contribution in [0.25, 0.3) is 0 Å². The smallest absolute Gasteiger partial charge is 0.497 e. The molecule has 0 heterocycles. The molecule has 0 aliphatic heterocycles. The minimum atomic E-state index is -4.84. The number of nitrogens with one attached hydrogen (secondary N) is 1. The number of ether oxygens (including phenoxy) is 3. The van der Waals surface area contributed by atoms with E-state index in [0.29, 0.717) is 5.75 Å². The Morgan fingerprint density at radius 3 is 2.10 bits per heavy atom. The Morgan fingerprint density at radius 1 is 1.03 bits per heavy atom. The molecule has 0 aromatic heterocycles. The van der Waals surface area contributed by atoms with Gasteiger partial charge in [0.1, 0.15) is 23.3 Å². The largest absolute Gasteiger partial charge is 0.573 e. The third-order valence-electron chi connectivity index (χ3n) is 4.07. The van der Waals surface area contributed by atoms with Crippen LogP contribution in [0.1, 0.15) is 6.92 Å². The molecule has 0 saturated carbocycles. The first-order chi connectivity index (χ1) is 14.4. The zero-order valence-electron chi connectivity index (χ0n) is 17.1. The number of sulfonamides is 1. The quantitative estimate of drug-likeness (QED) is 0.646. The lowest BCUT2D eigenvalue weighted by molar-refractivity contribution is -0.274. The molecule has 0 bridgehead atoms. The predicted octanol–water partition coefficient (Wildman–Crippen LogP) is 3.40. The molecule has 0 fully saturated rings. The van der Waals surface area contributed by atoms with Crippen molar-refractivity contribution in [1.29, 1.82) is 0 Å². The van der Waals surface area contributed by atoms with Crippen LogP contribution in [-0.2, 0) is 14.8 Å². The predicted molar refractivity (Wildman–Crippen MR) is 108 cm³/mol. The van der Waals surface area contributed by atoms with E-state index in [1.807, 2.05) is 0 Å². The summed E-state index contributed by atoms with van der Waals surface area (Å²) in [6, 6.07) is 7.68. The van der Waals surface area contributed by atoms with Crippen molar-refractivity contribution in [2.75, 3.05) is 30.1 Å². The van der Waals surface area contributed by atoms with Gasteiger partial charge in [-0.15, -0.1) is 13.2 Å². The van der Waals surface area contributed by atoms with Crippen molar-refractivity contribution in [1.82, 2.24) is 0 Å². The van der Waals surface area contributed by atoms with Gasteiger partial charge in [0.2, 0.25) is 15.9 Å². The number of hydrogen-bond acceptors (Lipinski definition) is 6. The van der Waals surface area contributed by atoms with E-state index in [1.165, 1.54) is 45.4 Å². The second kappa shape index (κ2) is 9.33. The summed E-state index contributed by atoms with van der Waals surface area (Å²) in [6.45, 7) is 1.36. The zero-order valence-corrected chi connectivity index (χ0v) is 17.9. The van der Waals surface area contributed by atoms with Gasteiger partial charge in [-0.2, -0.15) is 0 Å². The molecule has 170 valence electrons. The number of hydrogen-bond donors (Lipinski definition) is 1. The monoisotopic (exact) mass is 462 g/mol. The Kier molecular flexibility index (Phi) is 7.26. The molecule has 0 aliphatic rings. The molecule has 2 aromatic rings. The second-order valence-electron chi connectivity index (χ2n) is 6.33. The van der Waals surface area contributed by atoms with Crippen LogP contribution in [0.4, 0.5) is 24.5 Å². The van der Waals surface area contributed by atoms with Gasteiger partial charge < -0.3 is 19.5 Å². The lowest BCUT2D eigenvalue weighted by Crippen LogP contribution is -2.45. The lowest BCUT2D eigenvalue weighted by Gasteiger charge is -2.29. The zero-order chi connectivity index (χ0) is 23.4. The summed E-state index contributed by atoms with van der Waals surface area (Å²) in [7, 11) is -1.20. The van der Waals surface area contributed by atoms with Gasteiger partial charge in [0.05, 0.1) is 26.2 Å². The van der Waals surface area contributed by atoms with Gasteiger partial charge in [0.15, 0.2) is 0 Å². The molecular weight excluding hydrogens is 441 g/mol. The van der Waals surface area contributed by atoms with E-state index < -0.39 is 34.1 Å². The van der Waals surface area contributed by atoms with Gasteiger partial charge in [-0.25, -0.2) is 8.42 Å². The van der Waals surface area contributed by atoms with E-state index >= 15 is 0 Å². The van der Waals surface area contributed by atoms with E-state index in [4.69, 9.17) is 9.47 Å². The van der Waals surface area contributed by atoms with Gasteiger partial charge in [-0.1, -0.05) is 0 Å². The Hall–Kier alpha value is -3.15. The first-order valence-electron chi connectivity index (χ1n) is 8.74. The highest BCUT2D eigenvalue weighted by Crippen LogP contribution is 2.35. The summed E-state index contributed by atoms with van der Waals surface area (Å²) in [4.78, 5) is 12.7. The van der Waals surface area contributed by atoms with Crippen molar-refractivity contribution in [3.05, 3.63) is 42.5 Å². The number of halogens is 3. The van der Waals surface area contributed by atoms with Crippen LogP contribution < -0.4 is 23.8 Å². The molecule has 0 aliphatic carbocycles. The molecule has 0 radical (unpaired) electrons. The summed E-state index contributed by atoms with van der Waals surface area (Å²) in [6.07, 6.45) is -3.91. The van der Waals surface area contributed by atoms with E-state index in [9.17, 15) is 26.4 Å². The lowest BCUT2D eigenvalue weighted by atomic mass is 10.2. The van der Waals surface area contributed by atoms with Gasteiger partial charge in [0.25, 0.3) is 0 Å². The average molecular weight is 462 g/mol. The van der Waals surface area contributed by atoms with Crippen LogP contribution in [0.15, 0.2) is 42.5 Å². The van der Waals surface area contributed by atoms with Crippen LogP contribution in [-0.4, -0.2) is 47.2 Å². The van der Waals surface area contributed by atoms with Crippen molar-refractivity contribution in [2.45, 2.75) is 19.3 Å². The number of carbonyl (C=O) groups excluding carboxylic acids is 1. The van der Waals surface area contributed by atoms with Crippen molar-refractivity contribution < 1.29 is 40.6 Å². The van der Waals surface area contributed by atoms with Crippen molar-refractivity contribution in [3.63, 3.8) is 0 Å². The number of amides is 1. The van der Waals surface area contributed by atoms with E-state index in [0.717, 1.165) is 22.7 Å². The summed E-state index contributed by atoms with van der Waals surface area (Å²) in [5, 5.41) is 2.47. The fourth-order valence-electron chi connectivity index (χ4n) is 2.74. The molecule has 2 aromatic carbocycles. The van der Waals surface area contributed by atoms with Crippen LogP contribution in [0.2, 0.25) is 0 Å². The summed E-state index contributed by atoms with van der Waals surface area (Å²) in [5.41, 5.74) is 0.235. The molecular formula is C19H21F3N2O6S. The topological polar surface area (TPSA) is 94.2 Å². The SMILES string of the molecule is COc1ccc(OC)c(N([C@H](C)C(=O)Nc2ccc(OC(F)(F)F)cc2)S(C)(=O)=O)c1. The maximum absolute atomic E-state index is 12.7. The second-order valence-corrected chi connectivity index (χ2v) is 8.19. The maximum atomic E-state index is 12.7. The van der Waals surface area contributed by atoms with Crippen molar-refractivity contribution >= 4 is 27.3 Å². The van der Waals surface area contributed by atoms with Gasteiger partial charge in [-0.05, 0) is 43.3 Å².